The molecule has 11 heteroatoms. The average Bonchev–Trinajstić information content (AvgIpc) is 3.81. The number of esters is 3. The van der Waals surface area contributed by atoms with Crippen molar-refractivity contribution in [3.63, 3.8) is 0 Å². The summed E-state index contributed by atoms with van der Waals surface area (Å²) in [5.41, 5.74) is -2.81. The Labute approximate surface area is 231 Å². The molecule has 216 valence electrons. The second kappa shape index (κ2) is 8.64. The quantitative estimate of drug-likeness (QED) is 0.216. The van der Waals surface area contributed by atoms with Crippen LogP contribution in [0.4, 0.5) is 0 Å². The zero-order valence-electron chi connectivity index (χ0n) is 22.8. The van der Waals surface area contributed by atoms with E-state index in [2.05, 4.69) is 0 Å². The summed E-state index contributed by atoms with van der Waals surface area (Å²) in [5.74, 6) is -1.25. The number of aliphatic hydroxyl groups excluding tert-OH is 1. The molecule has 4 saturated heterocycles. The molecule has 4 bridgehead atoms. The fourth-order valence-corrected chi connectivity index (χ4v) is 8.05. The molecule has 0 radical (unpaired) electrons. The molecule has 10 atom stereocenters. The molecule has 5 fully saturated rings. The fourth-order valence-electron chi connectivity index (χ4n) is 8.05. The van der Waals surface area contributed by atoms with E-state index in [9.17, 15) is 19.5 Å². The molecule has 1 N–H and O–H groups in total. The van der Waals surface area contributed by atoms with Gasteiger partial charge in [-0.25, -0.2) is 9.59 Å². The molecule has 2 aliphatic carbocycles. The minimum Gasteiger partial charge on any atom is -0.495 e. The standard InChI is InChI=1S/C29H34O11/c1-15-10-20-27(12-18(15)37-16(2)30)13-35-25(33)24-28(40-24)8-9-34-17(23(28)32)6-4-5-7-22(31)39-19-11-21(38-20)29(14-36-29)26(19,27)3/h5-7,10,18-21,23-24,32H,4,8-9,11-14H2,1-3H3/b7-5-,17-6-/t18-,19+,20+,21+,23+,24+,26+,27+,28-,29-/m0/s1. The predicted molar refractivity (Wildman–Crippen MR) is 133 cm³/mol. The Morgan fingerprint density at radius 1 is 1.18 bits per heavy atom. The SMILES string of the molecule is CC(=O)O[C@H]1C[C@@]23COC(=O)[C@H]4O[C@]45CCO/C(=C\C/C=C\C(=O)O[C@@H]4C[C@@H](O[C@@H]2C=C1C)[C@@]1(CO1)[C@]43C)[C@H]5O. The van der Waals surface area contributed by atoms with E-state index < -0.39 is 70.5 Å². The van der Waals surface area contributed by atoms with E-state index >= 15 is 0 Å². The molecule has 0 amide bonds. The lowest BCUT2D eigenvalue weighted by atomic mass is 9.51. The fraction of sp³-hybridized carbons (Fsp3) is 0.690. The van der Waals surface area contributed by atoms with Crippen molar-refractivity contribution in [2.24, 2.45) is 10.8 Å². The number of carbonyl (C=O) groups is 3. The van der Waals surface area contributed by atoms with Crippen molar-refractivity contribution in [3.8, 4) is 0 Å². The number of ether oxygens (including phenoxy) is 7. The minimum atomic E-state index is -1.15. The molecule has 5 heterocycles. The van der Waals surface area contributed by atoms with Gasteiger partial charge in [-0.3, -0.25) is 4.79 Å². The summed E-state index contributed by atoms with van der Waals surface area (Å²) >= 11 is 0. The maximum absolute atomic E-state index is 13.5. The van der Waals surface area contributed by atoms with Crippen molar-refractivity contribution < 1.29 is 52.6 Å². The van der Waals surface area contributed by atoms with Crippen molar-refractivity contribution in [2.45, 2.75) is 94.3 Å². The largest absolute Gasteiger partial charge is 0.495 e. The Morgan fingerprint density at radius 2 is 1.98 bits per heavy atom. The number of hydrogen-bond acceptors (Lipinski definition) is 11. The lowest BCUT2D eigenvalue weighted by Crippen LogP contribution is -2.68. The van der Waals surface area contributed by atoms with Gasteiger partial charge in [0.25, 0.3) is 0 Å². The lowest BCUT2D eigenvalue weighted by Gasteiger charge is -2.59. The highest BCUT2D eigenvalue weighted by molar-refractivity contribution is 5.82. The molecule has 40 heavy (non-hydrogen) atoms. The van der Waals surface area contributed by atoms with E-state index in [1.165, 1.54) is 13.0 Å². The summed E-state index contributed by atoms with van der Waals surface area (Å²) in [6.45, 7) is 5.83. The third kappa shape index (κ3) is 3.41. The van der Waals surface area contributed by atoms with Crippen molar-refractivity contribution in [2.75, 3.05) is 19.8 Å². The Balaban J connectivity index is 1.31. The van der Waals surface area contributed by atoms with E-state index in [1.807, 2.05) is 19.9 Å². The minimum absolute atomic E-state index is 0.110. The number of hydrogen-bond donors (Lipinski definition) is 1. The van der Waals surface area contributed by atoms with Gasteiger partial charge >= 0.3 is 17.9 Å². The van der Waals surface area contributed by atoms with Crippen LogP contribution in [0, 0.1) is 10.8 Å². The highest BCUT2D eigenvalue weighted by atomic mass is 16.7. The van der Waals surface area contributed by atoms with Gasteiger partial charge in [-0.2, -0.15) is 0 Å². The maximum Gasteiger partial charge on any atom is 0.338 e. The molecule has 7 rings (SSSR count). The molecule has 0 aromatic heterocycles. The summed E-state index contributed by atoms with van der Waals surface area (Å²) in [5, 5.41) is 11.0. The smallest absolute Gasteiger partial charge is 0.338 e. The number of carbonyl (C=O) groups excluding carboxylic acids is 3. The Morgan fingerprint density at radius 3 is 2.73 bits per heavy atom. The van der Waals surface area contributed by atoms with Crippen molar-refractivity contribution in [1.82, 2.24) is 0 Å². The van der Waals surface area contributed by atoms with Crippen LogP contribution < -0.4 is 0 Å². The number of epoxide rings is 2. The average molecular weight is 559 g/mol. The number of fused-ring (bicyclic) bond motifs is 1. The molecular formula is C29H34O11. The first-order chi connectivity index (χ1) is 19.1. The Kier molecular flexibility index (Phi) is 5.66. The zero-order valence-corrected chi connectivity index (χ0v) is 22.8. The number of rotatable bonds is 1. The van der Waals surface area contributed by atoms with E-state index in [0.717, 1.165) is 5.57 Å². The first kappa shape index (κ1) is 26.2. The Bertz CT molecular complexity index is 1250. The van der Waals surface area contributed by atoms with Crippen LogP contribution in [0.3, 0.4) is 0 Å². The maximum atomic E-state index is 13.5. The molecule has 7 aliphatic rings. The number of allylic oxidation sites excluding steroid dienone is 2. The monoisotopic (exact) mass is 558 g/mol. The molecule has 1 saturated carbocycles. The van der Waals surface area contributed by atoms with Gasteiger partial charge in [0, 0.05) is 32.3 Å². The third-order valence-corrected chi connectivity index (χ3v) is 10.5. The van der Waals surface area contributed by atoms with Crippen LogP contribution in [0.25, 0.3) is 0 Å². The summed E-state index contributed by atoms with van der Waals surface area (Å²) in [7, 11) is 0. The van der Waals surface area contributed by atoms with Gasteiger partial charge in [0.1, 0.15) is 41.9 Å². The molecule has 3 spiro atoms. The molecule has 0 aromatic carbocycles. The van der Waals surface area contributed by atoms with Crippen LogP contribution in [0.15, 0.2) is 35.6 Å². The van der Waals surface area contributed by atoms with Gasteiger partial charge in [-0.1, -0.05) is 19.1 Å². The summed E-state index contributed by atoms with van der Waals surface area (Å²) < 4.78 is 42.1. The van der Waals surface area contributed by atoms with Gasteiger partial charge in [-0.15, -0.1) is 0 Å². The summed E-state index contributed by atoms with van der Waals surface area (Å²) in [4.78, 5) is 38.6. The molecule has 5 aliphatic heterocycles. The summed E-state index contributed by atoms with van der Waals surface area (Å²) in [6.07, 6.45) is 3.84. The van der Waals surface area contributed by atoms with Crippen molar-refractivity contribution >= 4 is 17.9 Å². The van der Waals surface area contributed by atoms with Crippen LogP contribution in [0.1, 0.15) is 46.5 Å². The van der Waals surface area contributed by atoms with Crippen LogP contribution in [0.5, 0.6) is 0 Å². The van der Waals surface area contributed by atoms with Crippen molar-refractivity contribution in [3.05, 3.63) is 35.6 Å². The first-order valence-electron chi connectivity index (χ1n) is 13.9. The second-order valence-electron chi connectivity index (χ2n) is 12.3. The second-order valence-corrected chi connectivity index (χ2v) is 12.3. The van der Waals surface area contributed by atoms with E-state index in [-0.39, 0.29) is 25.7 Å². The van der Waals surface area contributed by atoms with Gasteiger partial charge in [0.15, 0.2) is 6.10 Å². The predicted octanol–water partition coefficient (Wildman–Crippen LogP) is 1.42. The molecule has 11 nitrogen and oxygen atoms in total. The van der Waals surface area contributed by atoms with Crippen LogP contribution in [0.2, 0.25) is 0 Å². The van der Waals surface area contributed by atoms with Crippen molar-refractivity contribution in [1.29, 1.82) is 0 Å². The zero-order chi connectivity index (χ0) is 28.1. The topological polar surface area (TPSA) is 143 Å². The van der Waals surface area contributed by atoms with E-state index in [0.29, 0.717) is 31.6 Å². The number of cyclic esters (lactones) is 1. The van der Waals surface area contributed by atoms with E-state index in [4.69, 9.17) is 33.2 Å². The number of aliphatic hydroxyl groups is 1. The molecule has 0 unspecified atom stereocenters. The normalized spacial score (nSPS) is 51.0. The first-order valence-corrected chi connectivity index (χ1v) is 13.9. The highest BCUT2D eigenvalue weighted by Crippen LogP contribution is 2.72. The van der Waals surface area contributed by atoms with Crippen LogP contribution >= 0.6 is 0 Å². The van der Waals surface area contributed by atoms with Gasteiger partial charge < -0.3 is 38.3 Å². The van der Waals surface area contributed by atoms with E-state index in [1.54, 1.807) is 12.2 Å². The van der Waals surface area contributed by atoms with Gasteiger partial charge in [0.05, 0.1) is 36.3 Å². The molecular weight excluding hydrogens is 524 g/mol. The van der Waals surface area contributed by atoms with Gasteiger partial charge in [0.2, 0.25) is 0 Å². The van der Waals surface area contributed by atoms with Crippen LogP contribution in [-0.4, -0.2) is 90.7 Å². The summed E-state index contributed by atoms with van der Waals surface area (Å²) in [6, 6.07) is 0. The van der Waals surface area contributed by atoms with Crippen LogP contribution in [-0.2, 0) is 47.5 Å². The Hall–Kier alpha value is -2.73. The lowest BCUT2D eigenvalue weighted by molar-refractivity contribution is -0.240. The highest BCUT2D eigenvalue weighted by Gasteiger charge is 2.83. The third-order valence-electron chi connectivity index (χ3n) is 10.5. The van der Waals surface area contributed by atoms with Gasteiger partial charge in [-0.05, 0) is 25.0 Å². The molecule has 0 aromatic rings.